The van der Waals surface area contributed by atoms with E-state index in [0.717, 1.165) is 28.0 Å². The number of carbonyl (C=O) groups is 1. The van der Waals surface area contributed by atoms with E-state index in [1.54, 1.807) is 13.8 Å². The molecular formula is C23H22O3. The van der Waals surface area contributed by atoms with E-state index in [9.17, 15) is 9.90 Å². The van der Waals surface area contributed by atoms with Crippen LogP contribution in [0.4, 0.5) is 0 Å². The maximum absolute atomic E-state index is 11.6. The van der Waals surface area contributed by atoms with Gasteiger partial charge in [0.15, 0.2) is 0 Å². The fourth-order valence-corrected chi connectivity index (χ4v) is 2.77. The van der Waals surface area contributed by atoms with Gasteiger partial charge >= 0.3 is 5.97 Å². The largest absolute Gasteiger partial charge is 0.488 e. The van der Waals surface area contributed by atoms with Crippen LogP contribution >= 0.6 is 0 Å². The van der Waals surface area contributed by atoms with Gasteiger partial charge in [-0.05, 0) is 42.7 Å². The molecule has 0 fully saturated rings. The molecule has 3 nitrogen and oxygen atoms in total. The van der Waals surface area contributed by atoms with Crippen molar-refractivity contribution in [3.8, 4) is 16.9 Å². The highest BCUT2D eigenvalue weighted by atomic mass is 16.5. The number of carboxylic acids is 1. The van der Waals surface area contributed by atoms with Crippen molar-refractivity contribution in [3.63, 3.8) is 0 Å². The lowest BCUT2D eigenvalue weighted by atomic mass is 9.83. The van der Waals surface area contributed by atoms with Crippen LogP contribution in [0.3, 0.4) is 0 Å². The third-order valence-electron chi connectivity index (χ3n) is 4.55. The third kappa shape index (κ3) is 3.77. The minimum absolute atomic E-state index is 0.484. The van der Waals surface area contributed by atoms with E-state index in [0.29, 0.717) is 6.61 Å². The Kier molecular flexibility index (Phi) is 5.08. The van der Waals surface area contributed by atoms with Gasteiger partial charge in [0, 0.05) is 5.56 Å². The van der Waals surface area contributed by atoms with Crippen molar-refractivity contribution in [1.29, 1.82) is 0 Å². The van der Waals surface area contributed by atoms with Gasteiger partial charge in [-0.2, -0.15) is 0 Å². The average molecular weight is 346 g/mol. The zero-order valence-electron chi connectivity index (χ0n) is 15.0. The zero-order chi connectivity index (χ0) is 18.6. The van der Waals surface area contributed by atoms with Crippen molar-refractivity contribution in [3.05, 3.63) is 90.0 Å². The first-order valence-electron chi connectivity index (χ1n) is 8.58. The Bertz CT molecular complexity index is 898. The van der Waals surface area contributed by atoms with Crippen molar-refractivity contribution in [2.45, 2.75) is 25.9 Å². The van der Waals surface area contributed by atoms with Crippen LogP contribution in [0, 0.1) is 0 Å². The van der Waals surface area contributed by atoms with Crippen LogP contribution in [-0.2, 0) is 16.8 Å². The molecule has 0 saturated carbocycles. The molecule has 0 bridgehead atoms. The maximum atomic E-state index is 11.6. The molecule has 0 unspecified atom stereocenters. The molecule has 26 heavy (non-hydrogen) atoms. The molecule has 3 aromatic carbocycles. The first-order valence-corrected chi connectivity index (χ1v) is 8.58. The number of aliphatic carboxylic acids is 1. The second kappa shape index (κ2) is 7.44. The lowest BCUT2D eigenvalue weighted by molar-refractivity contribution is -0.142. The minimum atomic E-state index is -0.949. The summed E-state index contributed by atoms with van der Waals surface area (Å²) in [7, 11) is 0. The summed E-state index contributed by atoms with van der Waals surface area (Å²) < 4.78 is 6.03. The molecule has 0 saturated heterocycles. The topological polar surface area (TPSA) is 46.5 Å². The summed E-state index contributed by atoms with van der Waals surface area (Å²) >= 11 is 0. The summed E-state index contributed by atoms with van der Waals surface area (Å²) in [5.74, 6) is -0.0649. The van der Waals surface area contributed by atoms with E-state index in [-0.39, 0.29) is 0 Å². The molecule has 0 spiro atoms. The van der Waals surface area contributed by atoms with E-state index in [1.807, 2.05) is 78.9 Å². The lowest BCUT2D eigenvalue weighted by Gasteiger charge is -2.21. The first-order chi connectivity index (χ1) is 12.5. The van der Waals surface area contributed by atoms with Crippen molar-refractivity contribution >= 4 is 5.97 Å². The Balaban J connectivity index is 1.92. The molecule has 0 aliphatic heterocycles. The maximum Gasteiger partial charge on any atom is 0.313 e. The van der Waals surface area contributed by atoms with Crippen molar-refractivity contribution < 1.29 is 14.6 Å². The van der Waals surface area contributed by atoms with Crippen molar-refractivity contribution in [1.82, 2.24) is 0 Å². The molecule has 0 atom stereocenters. The average Bonchev–Trinajstić information content (AvgIpc) is 2.67. The van der Waals surface area contributed by atoms with Crippen LogP contribution < -0.4 is 4.74 Å². The summed E-state index contributed by atoms with van der Waals surface area (Å²) in [6, 6.07) is 25.5. The van der Waals surface area contributed by atoms with Crippen LogP contribution in [0.5, 0.6) is 5.75 Å². The highest BCUT2D eigenvalue weighted by Gasteiger charge is 2.29. The standard InChI is InChI=1S/C23H22O3/c1-23(2,22(24)25)19-12-8-11-18(15-19)20-13-6-7-14-21(20)26-16-17-9-4-3-5-10-17/h3-15H,16H2,1-2H3,(H,24,25). The Hall–Kier alpha value is -3.07. The van der Waals surface area contributed by atoms with Crippen molar-refractivity contribution in [2.24, 2.45) is 0 Å². The summed E-state index contributed by atoms with van der Waals surface area (Å²) in [6.45, 7) is 3.91. The van der Waals surface area contributed by atoms with Gasteiger partial charge < -0.3 is 9.84 Å². The Morgan fingerprint density at radius 2 is 1.62 bits per heavy atom. The van der Waals surface area contributed by atoms with Crippen LogP contribution in [0.25, 0.3) is 11.1 Å². The predicted octanol–water partition coefficient (Wildman–Crippen LogP) is 5.29. The normalized spacial score (nSPS) is 11.2. The number of hydrogen-bond donors (Lipinski definition) is 1. The molecule has 3 rings (SSSR count). The van der Waals surface area contributed by atoms with Gasteiger partial charge in [-0.1, -0.05) is 66.7 Å². The summed E-state index contributed by atoms with van der Waals surface area (Å²) in [4.78, 5) is 11.6. The summed E-state index contributed by atoms with van der Waals surface area (Å²) in [6.07, 6.45) is 0. The van der Waals surface area contributed by atoms with Crippen LogP contribution in [0.15, 0.2) is 78.9 Å². The van der Waals surface area contributed by atoms with Crippen LogP contribution in [0.2, 0.25) is 0 Å². The highest BCUT2D eigenvalue weighted by molar-refractivity contribution is 5.81. The van der Waals surface area contributed by atoms with Gasteiger partial charge in [0.05, 0.1) is 5.41 Å². The molecule has 0 heterocycles. The number of rotatable bonds is 6. The molecule has 0 amide bonds. The SMILES string of the molecule is CC(C)(C(=O)O)c1cccc(-c2ccccc2OCc2ccccc2)c1. The monoisotopic (exact) mass is 346 g/mol. The molecule has 132 valence electrons. The van der Waals surface area contributed by atoms with Gasteiger partial charge in [0.1, 0.15) is 12.4 Å². The van der Waals surface area contributed by atoms with E-state index >= 15 is 0 Å². The predicted molar refractivity (Wildman–Crippen MR) is 103 cm³/mol. The molecular weight excluding hydrogens is 324 g/mol. The van der Waals surface area contributed by atoms with Gasteiger partial charge in [-0.25, -0.2) is 0 Å². The van der Waals surface area contributed by atoms with Gasteiger partial charge in [-0.15, -0.1) is 0 Å². The second-order valence-corrected chi connectivity index (χ2v) is 6.78. The van der Waals surface area contributed by atoms with E-state index < -0.39 is 11.4 Å². The molecule has 0 aromatic heterocycles. The van der Waals surface area contributed by atoms with E-state index in [2.05, 4.69) is 0 Å². The van der Waals surface area contributed by atoms with Gasteiger partial charge in [0.25, 0.3) is 0 Å². The smallest absolute Gasteiger partial charge is 0.313 e. The van der Waals surface area contributed by atoms with Crippen molar-refractivity contribution in [2.75, 3.05) is 0 Å². The molecule has 0 aliphatic rings. The molecule has 3 aromatic rings. The Morgan fingerprint density at radius 1 is 0.923 bits per heavy atom. The summed E-state index contributed by atoms with van der Waals surface area (Å²) in [5, 5.41) is 9.50. The fraction of sp³-hybridized carbons (Fsp3) is 0.174. The van der Waals surface area contributed by atoms with Gasteiger partial charge in [-0.3, -0.25) is 4.79 Å². The lowest BCUT2D eigenvalue weighted by Crippen LogP contribution is -2.28. The molecule has 0 radical (unpaired) electrons. The second-order valence-electron chi connectivity index (χ2n) is 6.78. The Labute approximate surface area is 153 Å². The quantitative estimate of drug-likeness (QED) is 0.659. The van der Waals surface area contributed by atoms with E-state index in [4.69, 9.17) is 4.74 Å². The number of benzene rings is 3. The number of ether oxygens (including phenoxy) is 1. The summed E-state index contributed by atoms with van der Waals surface area (Å²) in [5.41, 5.74) is 2.81. The van der Waals surface area contributed by atoms with Gasteiger partial charge in [0.2, 0.25) is 0 Å². The molecule has 3 heteroatoms. The molecule has 1 N–H and O–H groups in total. The molecule has 0 aliphatic carbocycles. The highest BCUT2D eigenvalue weighted by Crippen LogP contribution is 2.33. The Morgan fingerprint density at radius 3 is 2.35 bits per heavy atom. The minimum Gasteiger partial charge on any atom is -0.488 e. The number of para-hydroxylation sites is 1. The van der Waals surface area contributed by atoms with Crippen LogP contribution in [-0.4, -0.2) is 11.1 Å². The number of hydrogen-bond acceptors (Lipinski definition) is 2. The first kappa shape index (κ1) is 17.7. The van der Waals surface area contributed by atoms with E-state index in [1.165, 1.54) is 0 Å². The van der Waals surface area contributed by atoms with Crippen LogP contribution in [0.1, 0.15) is 25.0 Å². The fourth-order valence-electron chi connectivity index (χ4n) is 2.77. The zero-order valence-corrected chi connectivity index (χ0v) is 15.0. The number of carboxylic acid groups (broad SMARTS) is 1. The third-order valence-corrected chi connectivity index (χ3v) is 4.55.